The van der Waals surface area contributed by atoms with Gasteiger partial charge in [-0.3, -0.25) is 9.69 Å². The van der Waals surface area contributed by atoms with Crippen LogP contribution in [0.4, 0.5) is 5.69 Å². The summed E-state index contributed by atoms with van der Waals surface area (Å²) in [4.78, 5) is 13.4. The summed E-state index contributed by atoms with van der Waals surface area (Å²) >= 11 is 0. The smallest absolute Gasteiger partial charge is 0.221 e. The molecule has 1 fully saturated rings. The molecule has 0 saturated carbocycles. The molecule has 0 aromatic heterocycles. The Labute approximate surface area is 115 Å². The third-order valence-electron chi connectivity index (χ3n) is 3.68. The zero-order chi connectivity index (χ0) is 13.7. The highest BCUT2D eigenvalue weighted by Crippen LogP contribution is 2.19. The van der Waals surface area contributed by atoms with Crippen LogP contribution in [0.3, 0.4) is 0 Å². The molecule has 0 bridgehead atoms. The Morgan fingerprint density at radius 3 is 2.74 bits per heavy atom. The topological polar surface area (TPSA) is 58.4 Å². The molecule has 1 aromatic rings. The number of carbonyl (C=O) groups is 1. The average molecular weight is 261 g/mol. The fourth-order valence-electron chi connectivity index (χ4n) is 2.67. The molecule has 0 aliphatic carbocycles. The summed E-state index contributed by atoms with van der Waals surface area (Å²) in [6, 6.07) is 8.58. The van der Waals surface area contributed by atoms with Crippen molar-refractivity contribution in [3.05, 3.63) is 29.8 Å². The zero-order valence-electron chi connectivity index (χ0n) is 11.6. The van der Waals surface area contributed by atoms with Crippen molar-refractivity contribution in [3.63, 3.8) is 0 Å². The minimum atomic E-state index is -0.0352. The predicted octanol–water partition coefficient (Wildman–Crippen LogP) is 1.96. The van der Waals surface area contributed by atoms with Crippen molar-refractivity contribution < 1.29 is 4.79 Å². The third kappa shape index (κ3) is 4.04. The van der Waals surface area contributed by atoms with Gasteiger partial charge in [0.05, 0.1) is 0 Å². The maximum atomic E-state index is 11.0. The van der Waals surface area contributed by atoms with E-state index < -0.39 is 0 Å². The molecule has 1 aliphatic heterocycles. The van der Waals surface area contributed by atoms with Crippen LogP contribution in [0.5, 0.6) is 0 Å². The number of piperidine rings is 1. The van der Waals surface area contributed by atoms with E-state index in [4.69, 9.17) is 5.73 Å². The molecule has 4 nitrogen and oxygen atoms in total. The molecule has 1 atom stereocenters. The fraction of sp³-hybridized carbons (Fsp3) is 0.533. The van der Waals surface area contributed by atoms with Crippen molar-refractivity contribution in [2.24, 2.45) is 5.73 Å². The maximum Gasteiger partial charge on any atom is 0.221 e. The SMILES string of the molecule is CC(=O)Nc1ccc(CN2CCCCC2CN)cc1. The quantitative estimate of drug-likeness (QED) is 0.871. The average Bonchev–Trinajstić information content (AvgIpc) is 2.41. The van der Waals surface area contributed by atoms with Crippen LogP contribution >= 0.6 is 0 Å². The monoisotopic (exact) mass is 261 g/mol. The van der Waals surface area contributed by atoms with Crippen molar-refractivity contribution in [3.8, 4) is 0 Å². The van der Waals surface area contributed by atoms with Gasteiger partial charge >= 0.3 is 0 Å². The Morgan fingerprint density at radius 1 is 1.37 bits per heavy atom. The highest BCUT2D eigenvalue weighted by molar-refractivity contribution is 5.88. The van der Waals surface area contributed by atoms with E-state index in [1.54, 1.807) is 0 Å². The lowest BCUT2D eigenvalue weighted by atomic mass is 10.0. The van der Waals surface area contributed by atoms with Crippen molar-refractivity contribution >= 4 is 11.6 Å². The van der Waals surface area contributed by atoms with Crippen LogP contribution in [0, 0.1) is 0 Å². The summed E-state index contributed by atoms with van der Waals surface area (Å²) in [5.74, 6) is -0.0352. The third-order valence-corrected chi connectivity index (χ3v) is 3.68. The number of rotatable bonds is 4. The molecule has 1 amide bonds. The van der Waals surface area contributed by atoms with Crippen LogP contribution < -0.4 is 11.1 Å². The van der Waals surface area contributed by atoms with Crippen LogP contribution in [-0.2, 0) is 11.3 Å². The molecule has 19 heavy (non-hydrogen) atoms. The number of amides is 1. The van der Waals surface area contributed by atoms with Gasteiger partial charge in [-0.15, -0.1) is 0 Å². The number of nitrogens with two attached hydrogens (primary N) is 1. The molecular formula is C15H23N3O. The van der Waals surface area contributed by atoms with E-state index in [2.05, 4.69) is 22.3 Å². The normalized spacial score (nSPS) is 20.2. The van der Waals surface area contributed by atoms with Crippen molar-refractivity contribution in [1.82, 2.24) is 4.90 Å². The molecule has 1 aromatic carbocycles. The number of anilines is 1. The number of benzene rings is 1. The van der Waals surface area contributed by atoms with Gasteiger partial charge in [-0.25, -0.2) is 0 Å². The summed E-state index contributed by atoms with van der Waals surface area (Å²) in [5.41, 5.74) is 7.96. The van der Waals surface area contributed by atoms with E-state index in [1.165, 1.54) is 31.7 Å². The summed E-state index contributed by atoms with van der Waals surface area (Å²) in [6.07, 6.45) is 3.76. The Hall–Kier alpha value is -1.39. The second kappa shape index (κ2) is 6.68. The molecule has 1 heterocycles. The molecule has 1 aliphatic rings. The van der Waals surface area contributed by atoms with Gasteiger partial charge in [0, 0.05) is 31.7 Å². The van der Waals surface area contributed by atoms with Gasteiger partial charge in [0.2, 0.25) is 5.91 Å². The summed E-state index contributed by atoms with van der Waals surface area (Å²) < 4.78 is 0. The summed E-state index contributed by atoms with van der Waals surface area (Å²) in [7, 11) is 0. The van der Waals surface area contributed by atoms with E-state index in [1.807, 2.05) is 12.1 Å². The number of carbonyl (C=O) groups excluding carboxylic acids is 1. The molecular weight excluding hydrogens is 238 g/mol. The molecule has 1 saturated heterocycles. The minimum Gasteiger partial charge on any atom is -0.329 e. The number of hydrogen-bond acceptors (Lipinski definition) is 3. The number of likely N-dealkylation sites (tertiary alicyclic amines) is 1. The zero-order valence-corrected chi connectivity index (χ0v) is 11.6. The van der Waals surface area contributed by atoms with E-state index in [-0.39, 0.29) is 5.91 Å². The molecule has 104 valence electrons. The number of nitrogens with zero attached hydrogens (tertiary/aromatic N) is 1. The van der Waals surface area contributed by atoms with Gasteiger partial charge in [-0.2, -0.15) is 0 Å². The summed E-state index contributed by atoms with van der Waals surface area (Å²) in [5, 5.41) is 2.78. The van der Waals surface area contributed by atoms with E-state index >= 15 is 0 Å². The predicted molar refractivity (Wildman–Crippen MR) is 77.8 cm³/mol. The Bertz CT molecular complexity index is 416. The van der Waals surface area contributed by atoms with Crippen molar-refractivity contribution in [1.29, 1.82) is 0 Å². The minimum absolute atomic E-state index is 0.0352. The van der Waals surface area contributed by atoms with E-state index in [9.17, 15) is 4.79 Å². The van der Waals surface area contributed by atoms with Gasteiger partial charge in [0.15, 0.2) is 0 Å². The van der Waals surface area contributed by atoms with Crippen LogP contribution in [0.2, 0.25) is 0 Å². The maximum absolute atomic E-state index is 11.0. The van der Waals surface area contributed by atoms with E-state index in [0.717, 1.165) is 25.3 Å². The lowest BCUT2D eigenvalue weighted by Gasteiger charge is -2.35. The highest BCUT2D eigenvalue weighted by Gasteiger charge is 2.20. The Morgan fingerprint density at radius 2 is 2.11 bits per heavy atom. The Kier molecular flexibility index (Phi) is 4.93. The van der Waals surface area contributed by atoms with Crippen molar-refractivity contribution in [2.75, 3.05) is 18.4 Å². The van der Waals surface area contributed by atoms with Crippen LogP contribution in [0.25, 0.3) is 0 Å². The first-order valence-corrected chi connectivity index (χ1v) is 6.99. The lowest BCUT2D eigenvalue weighted by Crippen LogP contribution is -2.43. The van der Waals surface area contributed by atoms with E-state index in [0.29, 0.717) is 6.04 Å². The van der Waals surface area contributed by atoms with Crippen molar-refractivity contribution in [2.45, 2.75) is 38.8 Å². The molecule has 1 unspecified atom stereocenters. The molecule has 4 heteroatoms. The van der Waals surface area contributed by atoms with Gasteiger partial charge < -0.3 is 11.1 Å². The van der Waals surface area contributed by atoms with Crippen LogP contribution in [0.15, 0.2) is 24.3 Å². The van der Waals surface area contributed by atoms with Gasteiger partial charge in [-0.1, -0.05) is 18.6 Å². The van der Waals surface area contributed by atoms with Crippen LogP contribution in [0.1, 0.15) is 31.7 Å². The highest BCUT2D eigenvalue weighted by atomic mass is 16.1. The molecule has 2 rings (SSSR count). The fourth-order valence-corrected chi connectivity index (χ4v) is 2.67. The summed E-state index contributed by atoms with van der Waals surface area (Å²) in [6.45, 7) is 4.34. The standard InChI is InChI=1S/C15H23N3O/c1-12(19)17-14-7-5-13(6-8-14)11-18-9-3-2-4-15(18)10-16/h5-8,15H,2-4,9-11,16H2,1H3,(H,17,19). The molecule has 0 radical (unpaired) electrons. The van der Waals surface area contributed by atoms with Gasteiger partial charge in [-0.05, 0) is 37.1 Å². The number of hydrogen-bond donors (Lipinski definition) is 2. The van der Waals surface area contributed by atoms with Gasteiger partial charge in [0.1, 0.15) is 0 Å². The number of nitrogens with one attached hydrogen (secondary N) is 1. The molecule has 0 spiro atoms. The first kappa shape index (κ1) is 14.0. The van der Waals surface area contributed by atoms with Crippen LogP contribution in [-0.4, -0.2) is 29.9 Å². The molecule has 3 N–H and O–H groups in total. The second-order valence-corrected chi connectivity index (χ2v) is 5.23. The second-order valence-electron chi connectivity index (χ2n) is 5.23. The Balaban J connectivity index is 1.96. The first-order valence-electron chi connectivity index (χ1n) is 6.99. The van der Waals surface area contributed by atoms with Gasteiger partial charge in [0.25, 0.3) is 0 Å². The first-order chi connectivity index (χ1) is 9.19. The lowest BCUT2D eigenvalue weighted by molar-refractivity contribution is -0.114. The largest absolute Gasteiger partial charge is 0.329 e.